The van der Waals surface area contributed by atoms with Crippen molar-refractivity contribution in [3.63, 3.8) is 0 Å². The lowest BCUT2D eigenvalue weighted by molar-refractivity contribution is -0.195. The molecule has 1 saturated carbocycles. The lowest BCUT2D eigenvalue weighted by Crippen LogP contribution is -2.55. The highest BCUT2D eigenvalue weighted by Gasteiger charge is 2.45. The Kier molecular flexibility index (Phi) is 3.86. The van der Waals surface area contributed by atoms with Crippen LogP contribution in [0.3, 0.4) is 0 Å². The quantitative estimate of drug-likeness (QED) is 0.648. The van der Waals surface area contributed by atoms with E-state index in [0.717, 1.165) is 45.2 Å². The third-order valence-corrected chi connectivity index (χ3v) is 4.42. The average molecular weight is 256 g/mol. The summed E-state index contributed by atoms with van der Waals surface area (Å²) in [5.74, 6) is -0.413. The number of rotatable bonds is 2. The summed E-state index contributed by atoms with van der Waals surface area (Å²) in [5, 5.41) is 17.1. The second-order valence-corrected chi connectivity index (χ2v) is 5.72. The first kappa shape index (κ1) is 12.8. The number of piperidine rings is 1. The predicted molar refractivity (Wildman–Crippen MR) is 67.3 cm³/mol. The molecule has 0 amide bonds. The van der Waals surface area contributed by atoms with Crippen molar-refractivity contribution in [3.05, 3.63) is 0 Å². The van der Waals surface area contributed by atoms with Gasteiger partial charge in [-0.3, -0.25) is 0 Å². The number of nitrogens with one attached hydrogen (secondary N) is 2. The van der Waals surface area contributed by atoms with Crippen molar-refractivity contribution in [2.75, 3.05) is 26.3 Å². The van der Waals surface area contributed by atoms with Gasteiger partial charge >= 0.3 is 0 Å². The molecule has 2 saturated heterocycles. The highest BCUT2D eigenvalue weighted by molar-refractivity contribution is 4.93. The van der Waals surface area contributed by atoms with Crippen LogP contribution in [0.1, 0.15) is 32.1 Å². The Balaban J connectivity index is 1.58. The van der Waals surface area contributed by atoms with E-state index in [2.05, 4.69) is 10.6 Å². The Morgan fingerprint density at radius 1 is 1.11 bits per heavy atom. The van der Waals surface area contributed by atoms with Crippen LogP contribution in [0.4, 0.5) is 0 Å². The van der Waals surface area contributed by atoms with E-state index in [1.165, 1.54) is 0 Å². The maximum absolute atomic E-state index is 10.2. The van der Waals surface area contributed by atoms with E-state index in [4.69, 9.17) is 9.47 Å². The summed E-state index contributed by atoms with van der Waals surface area (Å²) in [6.07, 6.45) is 4.37. The van der Waals surface area contributed by atoms with Crippen LogP contribution in [0.2, 0.25) is 0 Å². The number of aliphatic hydroxyl groups is 1. The Morgan fingerprint density at radius 2 is 1.83 bits per heavy atom. The van der Waals surface area contributed by atoms with Crippen molar-refractivity contribution < 1.29 is 14.6 Å². The second-order valence-electron chi connectivity index (χ2n) is 5.72. The van der Waals surface area contributed by atoms with Gasteiger partial charge in [-0.25, -0.2) is 0 Å². The first-order valence-corrected chi connectivity index (χ1v) is 7.20. The van der Waals surface area contributed by atoms with Gasteiger partial charge in [0.15, 0.2) is 5.79 Å². The molecular formula is C13H24N2O3. The predicted octanol–water partition coefficient (Wildman–Crippen LogP) is -0.0155. The van der Waals surface area contributed by atoms with Gasteiger partial charge in [0.1, 0.15) is 0 Å². The Morgan fingerprint density at radius 3 is 2.56 bits per heavy atom. The molecule has 0 radical (unpaired) electrons. The first-order chi connectivity index (χ1) is 8.77. The fourth-order valence-electron chi connectivity index (χ4n) is 3.36. The third-order valence-electron chi connectivity index (χ3n) is 4.42. The molecule has 2 aliphatic heterocycles. The molecule has 3 N–H and O–H groups in total. The summed E-state index contributed by atoms with van der Waals surface area (Å²) in [5.41, 5.74) is 0. The van der Waals surface area contributed by atoms with Crippen LogP contribution in [-0.4, -0.2) is 55.4 Å². The van der Waals surface area contributed by atoms with Gasteiger partial charge in [0.2, 0.25) is 0 Å². The summed E-state index contributed by atoms with van der Waals surface area (Å²) in [6.45, 7) is 3.52. The van der Waals surface area contributed by atoms with Crippen molar-refractivity contribution in [2.45, 2.75) is 56.1 Å². The van der Waals surface area contributed by atoms with Gasteiger partial charge in [0, 0.05) is 24.9 Å². The lowest BCUT2D eigenvalue weighted by atomic mass is 9.86. The van der Waals surface area contributed by atoms with Crippen molar-refractivity contribution >= 4 is 0 Å². The molecule has 2 heterocycles. The number of aliphatic hydroxyl groups excluding tert-OH is 1. The lowest BCUT2D eigenvalue weighted by Gasteiger charge is -2.41. The van der Waals surface area contributed by atoms with Crippen LogP contribution < -0.4 is 10.6 Å². The smallest absolute Gasteiger partial charge is 0.170 e. The van der Waals surface area contributed by atoms with Crippen molar-refractivity contribution in [1.82, 2.24) is 10.6 Å². The van der Waals surface area contributed by atoms with E-state index in [-0.39, 0.29) is 12.1 Å². The molecule has 104 valence electrons. The second kappa shape index (κ2) is 5.43. The molecule has 1 spiro atoms. The zero-order valence-corrected chi connectivity index (χ0v) is 10.9. The summed E-state index contributed by atoms with van der Waals surface area (Å²) in [6, 6.07) is 0.627. The van der Waals surface area contributed by atoms with Crippen LogP contribution in [-0.2, 0) is 9.47 Å². The summed E-state index contributed by atoms with van der Waals surface area (Å²) in [4.78, 5) is 0. The minimum absolute atomic E-state index is 0.111. The summed E-state index contributed by atoms with van der Waals surface area (Å²) >= 11 is 0. The Labute approximate surface area is 108 Å². The largest absolute Gasteiger partial charge is 0.391 e. The topological polar surface area (TPSA) is 62.8 Å². The molecule has 3 fully saturated rings. The average Bonchev–Trinajstić information content (AvgIpc) is 2.84. The van der Waals surface area contributed by atoms with Gasteiger partial charge in [-0.1, -0.05) is 0 Å². The number of ether oxygens (including phenoxy) is 2. The first-order valence-electron chi connectivity index (χ1n) is 7.20. The standard InChI is InChI=1S/C13H24N2O3/c16-12-1-4-13(17-7-8-18-13)9-11(12)15-10-2-5-14-6-3-10/h10-12,14-16H,1-9H2/t11-,12-/m1/s1. The molecule has 0 aromatic heterocycles. The molecular weight excluding hydrogens is 232 g/mol. The van der Waals surface area contributed by atoms with Gasteiger partial charge in [0.05, 0.1) is 19.3 Å². The van der Waals surface area contributed by atoms with Crippen molar-refractivity contribution in [3.8, 4) is 0 Å². The summed E-state index contributed by atoms with van der Waals surface area (Å²) < 4.78 is 11.5. The van der Waals surface area contributed by atoms with E-state index >= 15 is 0 Å². The zero-order valence-electron chi connectivity index (χ0n) is 10.9. The maximum Gasteiger partial charge on any atom is 0.170 e. The van der Waals surface area contributed by atoms with E-state index in [1.54, 1.807) is 0 Å². The SMILES string of the molecule is O[C@@H]1CCC2(C[C@H]1NC1CCNCC1)OCCO2. The van der Waals surface area contributed by atoms with Crippen LogP contribution in [0.5, 0.6) is 0 Å². The van der Waals surface area contributed by atoms with E-state index in [9.17, 15) is 5.11 Å². The molecule has 0 aromatic rings. The monoisotopic (exact) mass is 256 g/mol. The maximum atomic E-state index is 10.2. The fraction of sp³-hybridized carbons (Fsp3) is 1.00. The summed E-state index contributed by atoms with van der Waals surface area (Å²) in [7, 11) is 0. The fourth-order valence-corrected chi connectivity index (χ4v) is 3.36. The van der Waals surface area contributed by atoms with Gasteiger partial charge in [-0.05, 0) is 32.4 Å². The number of hydrogen-bond acceptors (Lipinski definition) is 5. The highest BCUT2D eigenvalue weighted by Crippen LogP contribution is 2.36. The van der Waals surface area contributed by atoms with Gasteiger partial charge in [0.25, 0.3) is 0 Å². The van der Waals surface area contributed by atoms with Crippen LogP contribution >= 0.6 is 0 Å². The molecule has 1 aliphatic carbocycles. The Bertz CT molecular complexity index is 275. The van der Waals surface area contributed by atoms with Gasteiger partial charge in [-0.15, -0.1) is 0 Å². The zero-order chi connectivity index (χ0) is 12.4. The molecule has 0 bridgehead atoms. The van der Waals surface area contributed by atoms with Gasteiger partial charge in [-0.2, -0.15) is 0 Å². The molecule has 5 nitrogen and oxygen atoms in total. The van der Waals surface area contributed by atoms with Crippen molar-refractivity contribution in [2.24, 2.45) is 0 Å². The van der Waals surface area contributed by atoms with E-state index in [0.29, 0.717) is 19.3 Å². The molecule has 0 aromatic carbocycles. The minimum Gasteiger partial charge on any atom is -0.391 e. The molecule has 2 atom stereocenters. The van der Waals surface area contributed by atoms with E-state index < -0.39 is 5.79 Å². The minimum atomic E-state index is -0.413. The highest BCUT2D eigenvalue weighted by atomic mass is 16.7. The van der Waals surface area contributed by atoms with Crippen molar-refractivity contribution in [1.29, 1.82) is 0 Å². The van der Waals surface area contributed by atoms with Crippen LogP contribution in [0.15, 0.2) is 0 Å². The molecule has 5 heteroatoms. The molecule has 3 aliphatic rings. The molecule has 3 rings (SSSR count). The van der Waals surface area contributed by atoms with Gasteiger partial charge < -0.3 is 25.2 Å². The number of hydrogen-bond donors (Lipinski definition) is 3. The Hall–Kier alpha value is -0.200. The third kappa shape index (κ3) is 2.70. The van der Waals surface area contributed by atoms with Crippen LogP contribution in [0.25, 0.3) is 0 Å². The van der Waals surface area contributed by atoms with E-state index in [1.807, 2.05) is 0 Å². The normalized spacial score (nSPS) is 37.2. The van der Waals surface area contributed by atoms with Crippen LogP contribution in [0, 0.1) is 0 Å². The molecule has 18 heavy (non-hydrogen) atoms. The molecule has 0 unspecified atom stereocenters.